The van der Waals surface area contributed by atoms with Crippen molar-refractivity contribution >= 4 is 50.7 Å². The fourth-order valence-corrected chi connectivity index (χ4v) is 6.05. The second-order valence-corrected chi connectivity index (χ2v) is 9.81. The van der Waals surface area contributed by atoms with E-state index in [0.717, 1.165) is 39.4 Å². The highest BCUT2D eigenvalue weighted by atomic mass is 32.2. The van der Waals surface area contributed by atoms with Gasteiger partial charge in [0.25, 0.3) is 0 Å². The molecule has 0 saturated heterocycles. The SMILES string of the molecule is CCCCSc1nnc2c3c4c(sc3nc(SC)n12)COC(C)(CC)C4. The minimum absolute atomic E-state index is 0.102. The molecule has 0 N–H and O–H groups in total. The van der Waals surface area contributed by atoms with E-state index in [1.807, 2.05) is 0 Å². The van der Waals surface area contributed by atoms with Crippen LogP contribution in [0.3, 0.4) is 0 Å². The minimum atomic E-state index is -0.102. The molecule has 0 spiro atoms. The van der Waals surface area contributed by atoms with Crippen LogP contribution in [0.1, 0.15) is 50.5 Å². The minimum Gasteiger partial charge on any atom is -0.369 e. The van der Waals surface area contributed by atoms with Crippen molar-refractivity contribution in [2.45, 2.75) is 69.0 Å². The molecule has 0 amide bonds. The number of nitrogens with zero attached hydrogens (tertiary/aromatic N) is 4. The van der Waals surface area contributed by atoms with Crippen molar-refractivity contribution in [1.29, 1.82) is 0 Å². The molecule has 1 atom stereocenters. The Morgan fingerprint density at radius 1 is 1.27 bits per heavy atom. The highest BCUT2D eigenvalue weighted by Crippen LogP contribution is 2.42. The Morgan fingerprint density at radius 2 is 2.12 bits per heavy atom. The maximum atomic E-state index is 6.14. The molecule has 3 aromatic rings. The molecule has 0 aromatic carbocycles. The van der Waals surface area contributed by atoms with E-state index in [1.165, 1.54) is 28.7 Å². The molecule has 4 rings (SSSR count). The lowest BCUT2D eigenvalue weighted by atomic mass is 9.90. The summed E-state index contributed by atoms with van der Waals surface area (Å²) in [6.07, 6.45) is 6.36. The Morgan fingerprint density at radius 3 is 2.85 bits per heavy atom. The third kappa shape index (κ3) is 3.04. The Kier molecular flexibility index (Phi) is 5.20. The Hall–Kier alpha value is -0.830. The number of rotatable bonds is 6. The van der Waals surface area contributed by atoms with Crippen molar-refractivity contribution in [2.75, 3.05) is 12.0 Å². The number of hydrogen-bond acceptors (Lipinski definition) is 7. The fourth-order valence-electron chi connectivity index (χ4n) is 3.28. The molecular weight excluding hydrogens is 384 g/mol. The Balaban J connectivity index is 1.89. The van der Waals surface area contributed by atoms with E-state index in [2.05, 4.69) is 41.6 Å². The van der Waals surface area contributed by atoms with Crippen LogP contribution in [0.2, 0.25) is 0 Å². The fraction of sp³-hybridized carbons (Fsp3) is 0.611. The first kappa shape index (κ1) is 18.5. The zero-order valence-electron chi connectivity index (χ0n) is 15.7. The van der Waals surface area contributed by atoms with Crippen LogP contribution < -0.4 is 0 Å². The van der Waals surface area contributed by atoms with Crippen LogP contribution in [0.25, 0.3) is 15.9 Å². The number of hydrogen-bond donors (Lipinski definition) is 0. The van der Waals surface area contributed by atoms with Crippen molar-refractivity contribution in [3.05, 3.63) is 10.4 Å². The van der Waals surface area contributed by atoms with E-state index < -0.39 is 0 Å². The third-order valence-electron chi connectivity index (χ3n) is 5.08. The predicted molar refractivity (Wildman–Crippen MR) is 111 cm³/mol. The second-order valence-electron chi connectivity index (χ2n) is 6.89. The van der Waals surface area contributed by atoms with Crippen molar-refractivity contribution in [1.82, 2.24) is 19.6 Å². The van der Waals surface area contributed by atoms with E-state index in [4.69, 9.17) is 9.72 Å². The van der Waals surface area contributed by atoms with Crippen LogP contribution in [-0.2, 0) is 17.8 Å². The lowest BCUT2D eigenvalue weighted by molar-refractivity contribution is -0.0542. The van der Waals surface area contributed by atoms with E-state index in [9.17, 15) is 0 Å². The summed E-state index contributed by atoms with van der Waals surface area (Å²) in [6.45, 7) is 7.29. The maximum Gasteiger partial charge on any atom is 0.197 e. The molecule has 0 bridgehead atoms. The predicted octanol–water partition coefficient (Wildman–Crippen LogP) is 5.19. The average molecular weight is 409 g/mol. The molecule has 0 saturated carbocycles. The third-order valence-corrected chi connectivity index (χ3v) is 7.83. The van der Waals surface area contributed by atoms with E-state index >= 15 is 0 Å². The van der Waals surface area contributed by atoms with Crippen LogP contribution in [0.5, 0.6) is 0 Å². The second kappa shape index (κ2) is 7.30. The van der Waals surface area contributed by atoms with Gasteiger partial charge < -0.3 is 4.74 Å². The van der Waals surface area contributed by atoms with Gasteiger partial charge in [0, 0.05) is 17.1 Å². The van der Waals surface area contributed by atoms with Gasteiger partial charge in [0.2, 0.25) is 0 Å². The average Bonchev–Trinajstić information content (AvgIpc) is 3.22. The molecule has 26 heavy (non-hydrogen) atoms. The van der Waals surface area contributed by atoms with Crippen LogP contribution in [0.4, 0.5) is 0 Å². The molecule has 8 heteroatoms. The normalized spacial score (nSPS) is 20.2. The lowest BCUT2D eigenvalue weighted by Gasteiger charge is -2.32. The van der Waals surface area contributed by atoms with Gasteiger partial charge in [-0.2, -0.15) is 0 Å². The van der Waals surface area contributed by atoms with Gasteiger partial charge in [0.05, 0.1) is 17.6 Å². The molecule has 1 aliphatic rings. The van der Waals surface area contributed by atoms with Gasteiger partial charge in [0.15, 0.2) is 16.0 Å². The Labute approximate surface area is 166 Å². The standard InChI is InChI=1S/C18H24N4OS3/c1-5-7-8-25-17-21-20-14-13-11-9-18(3,6-2)23-10-12(11)26-15(13)19-16(24-4)22(14)17/h5-10H2,1-4H3. The summed E-state index contributed by atoms with van der Waals surface area (Å²) < 4.78 is 8.29. The molecule has 3 aromatic heterocycles. The van der Waals surface area contributed by atoms with Gasteiger partial charge >= 0.3 is 0 Å². The summed E-state index contributed by atoms with van der Waals surface area (Å²) in [4.78, 5) is 7.31. The van der Waals surface area contributed by atoms with Gasteiger partial charge in [-0.1, -0.05) is 43.8 Å². The van der Waals surface area contributed by atoms with Crippen LogP contribution in [0, 0.1) is 0 Å². The molecule has 1 unspecified atom stereocenters. The number of fused-ring (bicyclic) bond motifs is 5. The molecule has 5 nitrogen and oxygen atoms in total. The number of thiophene rings is 1. The number of unbranched alkanes of at least 4 members (excludes halogenated alkanes) is 1. The molecule has 140 valence electrons. The largest absolute Gasteiger partial charge is 0.369 e. The van der Waals surface area contributed by atoms with E-state index in [-0.39, 0.29) is 5.60 Å². The number of thioether (sulfide) groups is 2. The summed E-state index contributed by atoms with van der Waals surface area (Å²) in [5, 5.41) is 12.2. The van der Waals surface area contributed by atoms with Gasteiger partial charge in [-0.15, -0.1) is 21.5 Å². The zero-order valence-corrected chi connectivity index (χ0v) is 18.1. The van der Waals surface area contributed by atoms with Crippen molar-refractivity contribution in [3.8, 4) is 0 Å². The zero-order chi connectivity index (χ0) is 18.3. The topological polar surface area (TPSA) is 52.3 Å². The van der Waals surface area contributed by atoms with Crippen molar-refractivity contribution in [2.24, 2.45) is 0 Å². The molecule has 0 radical (unpaired) electrons. The first-order valence-corrected chi connectivity index (χ1v) is 12.1. The summed E-state index contributed by atoms with van der Waals surface area (Å²) in [6, 6.07) is 0. The molecule has 0 aliphatic carbocycles. The van der Waals surface area contributed by atoms with Crippen molar-refractivity contribution < 1.29 is 4.74 Å². The Bertz CT molecular complexity index is 951. The van der Waals surface area contributed by atoms with E-state index in [1.54, 1.807) is 34.9 Å². The van der Waals surface area contributed by atoms with Crippen LogP contribution in [0.15, 0.2) is 10.3 Å². The first-order valence-electron chi connectivity index (χ1n) is 9.10. The quantitative estimate of drug-likeness (QED) is 0.318. The highest BCUT2D eigenvalue weighted by Gasteiger charge is 2.33. The van der Waals surface area contributed by atoms with Gasteiger partial charge in [-0.05, 0) is 31.6 Å². The van der Waals surface area contributed by atoms with Gasteiger partial charge in [0.1, 0.15) is 4.83 Å². The van der Waals surface area contributed by atoms with E-state index in [0.29, 0.717) is 6.61 Å². The van der Waals surface area contributed by atoms with Gasteiger partial charge in [-0.25, -0.2) is 9.38 Å². The first-order chi connectivity index (χ1) is 12.6. The van der Waals surface area contributed by atoms with Crippen LogP contribution in [-0.4, -0.2) is 37.2 Å². The summed E-state index contributed by atoms with van der Waals surface area (Å²) in [5.74, 6) is 1.06. The summed E-state index contributed by atoms with van der Waals surface area (Å²) in [7, 11) is 0. The molecule has 1 aliphatic heterocycles. The molecular formula is C18H24N4OS3. The number of aromatic nitrogens is 4. The highest BCUT2D eigenvalue weighted by molar-refractivity contribution is 7.99. The number of ether oxygens (including phenoxy) is 1. The summed E-state index contributed by atoms with van der Waals surface area (Å²) >= 11 is 5.18. The lowest BCUT2D eigenvalue weighted by Crippen LogP contribution is -2.33. The smallest absolute Gasteiger partial charge is 0.197 e. The molecule has 0 fully saturated rings. The molecule has 4 heterocycles. The van der Waals surface area contributed by atoms with Gasteiger partial charge in [-0.3, -0.25) is 0 Å². The monoisotopic (exact) mass is 408 g/mol. The maximum absolute atomic E-state index is 6.14. The van der Waals surface area contributed by atoms with Crippen molar-refractivity contribution in [3.63, 3.8) is 0 Å². The van der Waals surface area contributed by atoms with Crippen LogP contribution >= 0.6 is 34.9 Å². The summed E-state index contributed by atoms with van der Waals surface area (Å²) in [5.41, 5.74) is 2.22.